The van der Waals surface area contributed by atoms with Crippen LogP contribution in [0.25, 0.3) is 49.1 Å². The van der Waals surface area contributed by atoms with E-state index in [0.717, 1.165) is 6.07 Å². The maximum Gasteiger partial charge on any atom is 0.259 e. The second-order valence-corrected chi connectivity index (χ2v) is 11.6. The van der Waals surface area contributed by atoms with E-state index in [-0.39, 0.29) is 77.8 Å². The lowest BCUT2D eigenvalue weighted by molar-refractivity contribution is 0.0789. The number of aromatic nitrogens is 1. The number of halogens is 1. The molecule has 0 saturated carbocycles. The molecule has 2 fully saturated rings. The maximum absolute atomic E-state index is 16.0. The minimum atomic E-state index is -0.686. The molecule has 2 aliphatic heterocycles. The van der Waals surface area contributed by atoms with Crippen molar-refractivity contribution in [3.05, 3.63) is 90.7 Å². The van der Waals surface area contributed by atoms with Gasteiger partial charge in [0, 0.05) is 66.0 Å². The van der Waals surface area contributed by atoms with Gasteiger partial charge in [0.1, 0.15) is 16.8 Å². The predicted octanol–water partition coefficient (Wildman–Crippen LogP) is 2.51. The van der Waals surface area contributed by atoms with Crippen LogP contribution in [0.15, 0.2) is 67.5 Å². The molecule has 4 aromatic carbocycles. The number of hydrogen-bond acceptors (Lipinski definition) is 8. The smallest absolute Gasteiger partial charge is 0.259 e. The summed E-state index contributed by atoms with van der Waals surface area (Å²) in [6.45, 7) is 1.56. The Bertz CT molecular complexity index is 2370. The zero-order valence-electron chi connectivity index (χ0n) is 22.9. The molecule has 216 valence electrons. The minimum Gasteiger partial charge on any atom is -0.451 e. The Balaban J connectivity index is 1.53. The lowest BCUT2D eigenvalue weighted by Crippen LogP contribution is -2.35. The monoisotopic (exact) mass is 579 g/mol. The summed E-state index contributed by atoms with van der Waals surface area (Å²) >= 11 is 0. The molecule has 2 aliphatic rings. The van der Waals surface area contributed by atoms with Gasteiger partial charge in [-0.3, -0.25) is 19.2 Å². The Hall–Kier alpha value is -4.87. The second kappa shape index (κ2) is 9.06. The summed E-state index contributed by atoms with van der Waals surface area (Å²) in [5.41, 5.74) is 11.8. The van der Waals surface area contributed by atoms with Crippen LogP contribution >= 0.6 is 0 Å². The fourth-order valence-electron chi connectivity index (χ4n) is 6.78. The fourth-order valence-corrected chi connectivity index (χ4v) is 6.78. The number of hydrogen-bond donors (Lipinski definition) is 2. The lowest BCUT2D eigenvalue weighted by Gasteiger charge is -2.23. The number of rotatable bonds is 2. The van der Waals surface area contributed by atoms with Gasteiger partial charge in [-0.05, 0) is 31.0 Å². The molecule has 8 rings (SSSR count). The molecule has 2 saturated heterocycles. The average Bonchev–Trinajstić information content (AvgIpc) is 3.64. The first kappa shape index (κ1) is 25.8. The number of amides is 1. The van der Waals surface area contributed by atoms with Gasteiger partial charge < -0.3 is 30.1 Å². The number of nitrogens with two attached hydrogens (primary N) is 2. The topological polar surface area (TPSA) is 144 Å². The zero-order chi connectivity index (χ0) is 29.7. The van der Waals surface area contributed by atoms with E-state index in [0.29, 0.717) is 44.5 Å². The molecule has 6 aromatic rings. The van der Waals surface area contributed by atoms with E-state index in [1.165, 1.54) is 17.2 Å². The molecule has 2 aromatic heterocycles. The van der Waals surface area contributed by atoms with Crippen LogP contribution < -0.4 is 32.7 Å². The van der Waals surface area contributed by atoms with Crippen LogP contribution in [0.3, 0.4) is 0 Å². The molecule has 1 amide bonds. The van der Waals surface area contributed by atoms with Crippen molar-refractivity contribution in [1.29, 1.82) is 0 Å². The van der Waals surface area contributed by atoms with E-state index in [1.807, 2.05) is 0 Å². The molecule has 4 heterocycles. The first-order valence-corrected chi connectivity index (χ1v) is 14.2. The maximum atomic E-state index is 16.0. The first-order chi connectivity index (χ1) is 20.7. The molecule has 0 aliphatic carbocycles. The number of nitrogens with zero attached hydrogens (tertiary/aromatic N) is 3. The van der Waals surface area contributed by atoms with Gasteiger partial charge >= 0.3 is 0 Å². The summed E-state index contributed by atoms with van der Waals surface area (Å²) < 4.78 is 23.9. The third-order valence-electron chi connectivity index (χ3n) is 8.93. The van der Waals surface area contributed by atoms with Crippen molar-refractivity contribution in [2.45, 2.75) is 24.9 Å². The lowest BCUT2D eigenvalue weighted by atomic mass is 10.0. The van der Waals surface area contributed by atoms with Gasteiger partial charge in [-0.2, -0.15) is 0 Å². The highest BCUT2D eigenvalue weighted by atomic mass is 19.1. The van der Waals surface area contributed by atoms with Crippen LogP contribution in [0.5, 0.6) is 0 Å². The van der Waals surface area contributed by atoms with E-state index < -0.39 is 17.2 Å². The van der Waals surface area contributed by atoms with Crippen LogP contribution in [0.2, 0.25) is 0 Å². The number of carbonyl (C=O) groups is 1. The van der Waals surface area contributed by atoms with E-state index in [2.05, 4.69) is 0 Å². The van der Waals surface area contributed by atoms with Gasteiger partial charge in [-0.1, -0.05) is 24.3 Å². The van der Waals surface area contributed by atoms with Crippen LogP contribution in [0.4, 0.5) is 10.1 Å². The summed E-state index contributed by atoms with van der Waals surface area (Å²) in [5.74, 6) is -1.19. The van der Waals surface area contributed by atoms with Gasteiger partial charge in [-0.15, -0.1) is 0 Å². The Kier molecular flexibility index (Phi) is 5.44. The summed E-state index contributed by atoms with van der Waals surface area (Å²) in [6.07, 6.45) is 2.68. The van der Waals surface area contributed by atoms with E-state index in [4.69, 9.17) is 15.9 Å². The molecule has 2 unspecified atom stereocenters. The van der Waals surface area contributed by atoms with Crippen LogP contribution in [-0.2, 0) is 0 Å². The van der Waals surface area contributed by atoms with Gasteiger partial charge in [0.05, 0.1) is 10.9 Å². The standard InChI is InChI=1S/C32H26FN5O5/c33-23-9-21-26-31(27(23)36-7-5-15(34)12-36)43-25-11-20-19(28(39)17-3-1-2-4-18(17)29(20)40)10-24(25)38(26)14-22(30(21)41)32(42)37-8-6-16(35)13-37/h1-4,9-11,14-16H,5-8,12-13,34-35H2. The summed E-state index contributed by atoms with van der Waals surface area (Å²) in [5, 5.41) is 0.874. The molecule has 4 N–H and O–H groups in total. The van der Waals surface area contributed by atoms with Gasteiger partial charge in [0.2, 0.25) is 5.43 Å². The quantitative estimate of drug-likeness (QED) is 0.235. The summed E-state index contributed by atoms with van der Waals surface area (Å²) in [6, 6.07) is 10.4. The van der Waals surface area contributed by atoms with Crippen molar-refractivity contribution < 1.29 is 13.6 Å². The third-order valence-corrected chi connectivity index (χ3v) is 8.93. The van der Waals surface area contributed by atoms with Crippen LogP contribution in [0.1, 0.15) is 23.2 Å². The van der Waals surface area contributed by atoms with Crippen molar-refractivity contribution >= 4 is 60.7 Å². The average molecular weight is 580 g/mol. The van der Waals surface area contributed by atoms with Crippen molar-refractivity contribution in [2.24, 2.45) is 11.5 Å². The number of anilines is 1. The summed E-state index contributed by atoms with van der Waals surface area (Å²) in [4.78, 5) is 57.8. The van der Waals surface area contributed by atoms with Crippen LogP contribution in [-0.4, -0.2) is 53.5 Å². The molecule has 0 radical (unpaired) electrons. The number of likely N-dealkylation sites (tertiary alicyclic amines) is 1. The molecule has 2 atom stereocenters. The Labute approximate surface area is 241 Å². The number of fused-ring (bicyclic) bond motifs is 4. The largest absolute Gasteiger partial charge is 0.451 e. The van der Waals surface area contributed by atoms with Gasteiger partial charge in [-0.25, -0.2) is 4.39 Å². The Morgan fingerprint density at radius 2 is 1.51 bits per heavy atom. The SMILES string of the molecule is NC1CCN(C(=O)c2cn3c4cc5c(=O)c6ccccc6c(=O)c5cc4oc4c(N5CCC(N)C5)c(F)cc(c2=O)c43)C1. The second-order valence-electron chi connectivity index (χ2n) is 11.6. The zero-order valence-corrected chi connectivity index (χ0v) is 22.9. The van der Waals surface area contributed by atoms with Crippen molar-refractivity contribution in [2.75, 3.05) is 31.1 Å². The molecular formula is C32H26FN5O5. The predicted molar refractivity (Wildman–Crippen MR) is 163 cm³/mol. The minimum absolute atomic E-state index is 0.0368. The molecule has 43 heavy (non-hydrogen) atoms. The van der Waals surface area contributed by atoms with E-state index in [1.54, 1.807) is 39.6 Å². The fraction of sp³-hybridized carbons (Fsp3) is 0.250. The molecule has 10 nitrogen and oxygen atoms in total. The molecule has 0 bridgehead atoms. The number of benzene rings is 4. The third kappa shape index (κ3) is 3.64. The number of carbonyl (C=O) groups excluding carboxylic acids is 1. The first-order valence-electron chi connectivity index (χ1n) is 14.2. The van der Waals surface area contributed by atoms with Crippen molar-refractivity contribution in [3.8, 4) is 0 Å². The highest BCUT2D eigenvalue weighted by molar-refractivity contribution is 6.08. The molecule has 0 spiro atoms. The Morgan fingerprint density at radius 3 is 2.16 bits per heavy atom. The highest BCUT2D eigenvalue weighted by Crippen LogP contribution is 2.37. The molecule has 11 heteroatoms. The van der Waals surface area contributed by atoms with Crippen LogP contribution in [0, 0.1) is 5.82 Å². The Morgan fingerprint density at radius 1 is 0.837 bits per heavy atom. The van der Waals surface area contributed by atoms with E-state index >= 15 is 4.39 Å². The highest BCUT2D eigenvalue weighted by Gasteiger charge is 2.31. The van der Waals surface area contributed by atoms with Crippen molar-refractivity contribution in [1.82, 2.24) is 9.30 Å². The number of pyridine rings is 1. The van der Waals surface area contributed by atoms with E-state index in [9.17, 15) is 19.2 Å². The molecular weight excluding hydrogens is 553 g/mol. The van der Waals surface area contributed by atoms with Gasteiger partial charge in [0.25, 0.3) is 5.91 Å². The summed E-state index contributed by atoms with van der Waals surface area (Å²) in [7, 11) is 0. The normalized spacial score (nSPS) is 19.2. The van der Waals surface area contributed by atoms with Gasteiger partial charge in [0.15, 0.2) is 27.8 Å². The van der Waals surface area contributed by atoms with Crippen molar-refractivity contribution in [3.63, 3.8) is 0 Å².